The van der Waals surface area contributed by atoms with Crippen LogP contribution in [0.4, 0.5) is 0 Å². The van der Waals surface area contributed by atoms with Crippen molar-refractivity contribution in [1.82, 2.24) is 5.32 Å². The molecule has 0 saturated carbocycles. The monoisotopic (exact) mass is 341 g/mol. The molecule has 0 spiro atoms. The molecule has 1 aliphatic heterocycles. The van der Waals surface area contributed by atoms with E-state index in [2.05, 4.69) is 11.4 Å². The summed E-state index contributed by atoms with van der Waals surface area (Å²) in [6.45, 7) is 0.948. The number of carbonyl (C=O) groups is 1. The quantitative estimate of drug-likeness (QED) is 0.750. The molecule has 25 heavy (non-hydrogen) atoms. The summed E-state index contributed by atoms with van der Waals surface area (Å²) in [6.07, 6.45) is 2.99. The lowest BCUT2D eigenvalue weighted by molar-refractivity contribution is -0.121. The lowest BCUT2D eigenvalue weighted by atomic mass is 10.1. The Morgan fingerprint density at radius 2 is 1.92 bits per heavy atom. The predicted molar refractivity (Wildman–Crippen MR) is 95.2 cm³/mol. The average Bonchev–Trinajstić information content (AvgIpc) is 3.11. The molecular weight excluding hydrogens is 318 g/mol. The van der Waals surface area contributed by atoms with Gasteiger partial charge in [-0.15, -0.1) is 0 Å². The normalized spacial score (nSPS) is 12.0. The molecule has 1 N–H and O–H groups in total. The van der Waals surface area contributed by atoms with Gasteiger partial charge >= 0.3 is 0 Å². The molecule has 0 aliphatic carbocycles. The number of methoxy groups -OCH3 is 1. The van der Waals surface area contributed by atoms with E-state index in [1.807, 2.05) is 36.4 Å². The highest BCUT2D eigenvalue weighted by atomic mass is 16.7. The van der Waals surface area contributed by atoms with E-state index in [1.165, 1.54) is 5.56 Å². The minimum Gasteiger partial charge on any atom is -0.497 e. The maximum absolute atomic E-state index is 12.0. The summed E-state index contributed by atoms with van der Waals surface area (Å²) in [7, 11) is 1.67. The van der Waals surface area contributed by atoms with Gasteiger partial charge in [-0.2, -0.15) is 0 Å². The number of rotatable bonds is 8. The zero-order valence-corrected chi connectivity index (χ0v) is 14.4. The van der Waals surface area contributed by atoms with E-state index in [9.17, 15) is 4.79 Å². The van der Waals surface area contributed by atoms with Crippen LogP contribution in [0.25, 0.3) is 0 Å². The Labute approximate surface area is 147 Å². The van der Waals surface area contributed by atoms with Crippen LogP contribution in [-0.2, 0) is 17.6 Å². The summed E-state index contributed by atoms with van der Waals surface area (Å²) in [6, 6.07) is 13.8. The number of benzene rings is 2. The fourth-order valence-electron chi connectivity index (χ4n) is 2.79. The van der Waals surface area contributed by atoms with Crippen molar-refractivity contribution in [2.45, 2.75) is 25.7 Å². The lowest BCUT2D eigenvalue weighted by Crippen LogP contribution is -2.24. The first-order chi connectivity index (χ1) is 12.2. The Bertz CT molecular complexity index is 729. The van der Waals surface area contributed by atoms with E-state index < -0.39 is 0 Å². The van der Waals surface area contributed by atoms with Gasteiger partial charge in [-0.25, -0.2) is 0 Å². The standard InChI is InChI=1S/C20H23NO4/c1-23-17-6-2-4-15(12-17)5-3-11-21-20(22)10-8-16-7-9-18-19(13-16)25-14-24-18/h2,4,6-7,9,12-13H,3,5,8,10-11,14H2,1H3,(H,21,22). The van der Waals surface area contributed by atoms with Crippen molar-refractivity contribution < 1.29 is 19.0 Å². The summed E-state index contributed by atoms with van der Waals surface area (Å²) in [5, 5.41) is 2.98. The number of nitrogens with one attached hydrogen (secondary N) is 1. The summed E-state index contributed by atoms with van der Waals surface area (Å²) in [5.74, 6) is 2.47. The fourth-order valence-corrected chi connectivity index (χ4v) is 2.79. The van der Waals surface area contributed by atoms with Crippen molar-refractivity contribution >= 4 is 5.91 Å². The average molecular weight is 341 g/mol. The Morgan fingerprint density at radius 1 is 1.08 bits per heavy atom. The second kappa shape index (κ2) is 8.42. The molecule has 1 heterocycles. The maximum atomic E-state index is 12.0. The van der Waals surface area contributed by atoms with E-state index in [-0.39, 0.29) is 12.7 Å². The molecular formula is C20H23NO4. The van der Waals surface area contributed by atoms with E-state index in [4.69, 9.17) is 14.2 Å². The van der Waals surface area contributed by atoms with Gasteiger partial charge in [-0.1, -0.05) is 18.2 Å². The van der Waals surface area contributed by atoms with Gasteiger partial charge in [0.2, 0.25) is 12.7 Å². The Morgan fingerprint density at radius 3 is 2.80 bits per heavy atom. The zero-order chi connectivity index (χ0) is 17.5. The first kappa shape index (κ1) is 17.1. The summed E-state index contributed by atoms with van der Waals surface area (Å²) < 4.78 is 15.9. The van der Waals surface area contributed by atoms with Crippen molar-refractivity contribution in [3.63, 3.8) is 0 Å². The van der Waals surface area contributed by atoms with Gasteiger partial charge in [0.05, 0.1) is 7.11 Å². The predicted octanol–water partition coefficient (Wildman–Crippen LogP) is 3.11. The molecule has 3 rings (SSSR count). The van der Waals surface area contributed by atoms with Crippen molar-refractivity contribution in [3.8, 4) is 17.2 Å². The summed E-state index contributed by atoms with van der Waals surface area (Å²) in [4.78, 5) is 12.0. The van der Waals surface area contributed by atoms with Crippen molar-refractivity contribution in [2.75, 3.05) is 20.4 Å². The third-order valence-corrected chi connectivity index (χ3v) is 4.18. The topological polar surface area (TPSA) is 56.8 Å². The molecule has 0 aromatic heterocycles. The van der Waals surface area contributed by atoms with Gasteiger partial charge in [-0.3, -0.25) is 4.79 Å². The van der Waals surface area contributed by atoms with Crippen molar-refractivity contribution in [3.05, 3.63) is 53.6 Å². The molecule has 0 atom stereocenters. The van der Waals surface area contributed by atoms with E-state index in [0.29, 0.717) is 19.4 Å². The molecule has 1 amide bonds. The highest BCUT2D eigenvalue weighted by molar-refractivity contribution is 5.76. The smallest absolute Gasteiger partial charge is 0.231 e. The van der Waals surface area contributed by atoms with Crippen molar-refractivity contribution in [2.24, 2.45) is 0 Å². The highest BCUT2D eigenvalue weighted by Crippen LogP contribution is 2.32. The van der Waals surface area contributed by atoms with E-state index >= 15 is 0 Å². The van der Waals surface area contributed by atoms with Crippen LogP contribution in [-0.4, -0.2) is 26.4 Å². The second-order valence-corrected chi connectivity index (χ2v) is 5.99. The van der Waals surface area contributed by atoms with Crippen LogP contribution in [0.3, 0.4) is 0 Å². The first-order valence-corrected chi connectivity index (χ1v) is 8.53. The molecule has 0 fully saturated rings. The first-order valence-electron chi connectivity index (χ1n) is 8.53. The lowest BCUT2D eigenvalue weighted by Gasteiger charge is -2.07. The zero-order valence-electron chi connectivity index (χ0n) is 14.4. The molecule has 5 heteroatoms. The van der Waals surface area contributed by atoms with Crippen LogP contribution in [0.5, 0.6) is 17.2 Å². The van der Waals surface area contributed by atoms with Gasteiger partial charge in [0, 0.05) is 13.0 Å². The maximum Gasteiger partial charge on any atom is 0.231 e. The van der Waals surface area contributed by atoms with Crippen LogP contribution < -0.4 is 19.5 Å². The Hall–Kier alpha value is -2.69. The SMILES string of the molecule is COc1cccc(CCCNC(=O)CCc2ccc3c(c2)OCO3)c1. The van der Waals surface area contributed by atoms with Gasteiger partial charge in [-0.05, 0) is 54.7 Å². The van der Waals surface area contributed by atoms with Gasteiger partial charge < -0.3 is 19.5 Å². The fraction of sp³-hybridized carbons (Fsp3) is 0.350. The summed E-state index contributed by atoms with van der Waals surface area (Å²) in [5.41, 5.74) is 2.30. The molecule has 1 aliphatic rings. The van der Waals surface area contributed by atoms with Crippen LogP contribution in [0, 0.1) is 0 Å². The number of aryl methyl sites for hydroxylation is 2. The number of fused-ring (bicyclic) bond motifs is 1. The third kappa shape index (κ3) is 4.89. The van der Waals surface area contributed by atoms with Gasteiger partial charge in [0.1, 0.15) is 5.75 Å². The van der Waals surface area contributed by atoms with Crippen LogP contribution in [0.2, 0.25) is 0 Å². The van der Waals surface area contributed by atoms with Crippen LogP contribution in [0.15, 0.2) is 42.5 Å². The summed E-state index contributed by atoms with van der Waals surface area (Å²) >= 11 is 0. The Balaban J connectivity index is 1.35. The number of hydrogen-bond acceptors (Lipinski definition) is 4. The third-order valence-electron chi connectivity index (χ3n) is 4.18. The minimum absolute atomic E-state index is 0.0725. The largest absolute Gasteiger partial charge is 0.497 e. The molecule has 0 bridgehead atoms. The number of ether oxygens (including phenoxy) is 3. The van der Waals surface area contributed by atoms with Gasteiger partial charge in [0.25, 0.3) is 0 Å². The number of amides is 1. The molecule has 5 nitrogen and oxygen atoms in total. The minimum atomic E-state index is 0.0725. The van der Waals surface area contributed by atoms with Crippen LogP contribution in [0.1, 0.15) is 24.0 Å². The second-order valence-electron chi connectivity index (χ2n) is 5.99. The number of carbonyl (C=O) groups excluding carboxylic acids is 1. The molecule has 2 aromatic carbocycles. The van der Waals surface area contributed by atoms with Crippen molar-refractivity contribution in [1.29, 1.82) is 0 Å². The molecule has 132 valence electrons. The Kier molecular flexibility index (Phi) is 5.77. The highest BCUT2D eigenvalue weighted by Gasteiger charge is 2.13. The molecule has 0 saturated heterocycles. The molecule has 0 radical (unpaired) electrons. The number of hydrogen-bond donors (Lipinski definition) is 1. The van der Waals surface area contributed by atoms with E-state index in [0.717, 1.165) is 35.7 Å². The molecule has 2 aromatic rings. The van der Waals surface area contributed by atoms with E-state index in [1.54, 1.807) is 7.11 Å². The van der Waals surface area contributed by atoms with Gasteiger partial charge in [0.15, 0.2) is 11.5 Å². The molecule has 0 unspecified atom stereocenters. The van der Waals surface area contributed by atoms with Crippen LogP contribution >= 0.6 is 0 Å².